The van der Waals surface area contributed by atoms with Crippen molar-refractivity contribution in [3.05, 3.63) is 35.6 Å². The maximum atomic E-state index is 13.6. The van der Waals surface area contributed by atoms with Crippen LogP contribution in [0.25, 0.3) is 0 Å². The average molecular weight is 295 g/mol. The van der Waals surface area contributed by atoms with Crippen molar-refractivity contribution in [2.24, 2.45) is 11.7 Å². The Bertz CT molecular complexity index is 488. The van der Waals surface area contributed by atoms with E-state index >= 15 is 0 Å². The quantitative estimate of drug-likeness (QED) is 0.816. The molecule has 1 aliphatic rings. The molecule has 0 aromatic heterocycles. The highest BCUT2D eigenvalue weighted by Crippen LogP contribution is 2.35. The molecule has 0 bridgehead atoms. The summed E-state index contributed by atoms with van der Waals surface area (Å²) in [6.07, 6.45) is 1.41. The van der Waals surface area contributed by atoms with E-state index in [0.717, 1.165) is 6.42 Å². The van der Waals surface area contributed by atoms with Crippen molar-refractivity contribution in [1.29, 1.82) is 0 Å². The Hall–Kier alpha value is -1.46. The van der Waals surface area contributed by atoms with Crippen molar-refractivity contribution in [3.8, 4) is 0 Å². The van der Waals surface area contributed by atoms with Gasteiger partial charge in [-0.25, -0.2) is 4.39 Å². The number of ether oxygens (including phenoxy) is 2. The van der Waals surface area contributed by atoms with Crippen molar-refractivity contribution in [1.82, 2.24) is 0 Å². The molecule has 0 saturated carbocycles. The fourth-order valence-electron chi connectivity index (χ4n) is 2.90. The summed E-state index contributed by atoms with van der Waals surface area (Å²) < 4.78 is 24.2. The Morgan fingerprint density at radius 1 is 1.57 bits per heavy atom. The summed E-state index contributed by atoms with van der Waals surface area (Å²) in [5.74, 6) is -0.525. The molecule has 0 aliphatic carbocycles. The van der Waals surface area contributed by atoms with E-state index in [4.69, 9.17) is 15.2 Å². The molecule has 21 heavy (non-hydrogen) atoms. The van der Waals surface area contributed by atoms with Gasteiger partial charge >= 0.3 is 5.97 Å². The Kier molecular flexibility index (Phi) is 5.31. The first-order chi connectivity index (χ1) is 10.1. The molecular formula is C16H22FNO3. The molecule has 116 valence electrons. The minimum absolute atomic E-state index is 0.0891. The summed E-state index contributed by atoms with van der Waals surface area (Å²) >= 11 is 0. The third-order valence-electron chi connectivity index (χ3n) is 4.05. The van der Waals surface area contributed by atoms with Gasteiger partial charge in [-0.05, 0) is 43.4 Å². The van der Waals surface area contributed by atoms with Gasteiger partial charge in [0.2, 0.25) is 0 Å². The van der Waals surface area contributed by atoms with Gasteiger partial charge in [0.25, 0.3) is 0 Å². The number of rotatable bonds is 6. The van der Waals surface area contributed by atoms with E-state index in [0.29, 0.717) is 25.2 Å². The summed E-state index contributed by atoms with van der Waals surface area (Å²) in [5, 5.41) is 0. The van der Waals surface area contributed by atoms with Gasteiger partial charge in [-0.3, -0.25) is 4.79 Å². The van der Waals surface area contributed by atoms with Crippen LogP contribution in [0.4, 0.5) is 4.39 Å². The fourth-order valence-corrected chi connectivity index (χ4v) is 2.90. The number of carbonyl (C=O) groups excluding carboxylic acids is 1. The molecular weight excluding hydrogens is 273 g/mol. The molecule has 1 aromatic rings. The van der Waals surface area contributed by atoms with E-state index < -0.39 is 5.41 Å². The van der Waals surface area contributed by atoms with E-state index in [1.165, 1.54) is 12.1 Å². The number of esters is 1. The minimum Gasteiger partial charge on any atom is -0.465 e. The second-order valence-electron chi connectivity index (χ2n) is 5.45. The van der Waals surface area contributed by atoms with Gasteiger partial charge in [0, 0.05) is 19.8 Å². The molecule has 5 heteroatoms. The molecule has 2 rings (SSSR count). The summed E-state index contributed by atoms with van der Waals surface area (Å²) in [4.78, 5) is 12.5. The van der Waals surface area contributed by atoms with Crippen molar-refractivity contribution < 1.29 is 18.7 Å². The average Bonchev–Trinajstić information content (AvgIpc) is 2.98. The zero-order chi connectivity index (χ0) is 15.3. The summed E-state index contributed by atoms with van der Waals surface area (Å²) in [5.41, 5.74) is 5.51. The molecule has 2 N–H and O–H groups in total. The lowest BCUT2D eigenvalue weighted by atomic mass is 9.73. The van der Waals surface area contributed by atoms with E-state index in [1.54, 1.807) is 19.1 Å². The first-order valence-corrected chi connectivity index (χ1v) is 7.33. The van der Waals surface area contributed by atoms with E-state index in [2.05, 4.69) is 0 Å². The van der Waals surface area contributed by atoms with Crippen LogP contribution in [0.3, 0.4) is 0 Å². The van der Waals surface area contributed by atoms with Crippen molar-refractivity contribution >= 4 is 5.97 Å². The lowest BCUT2D eigenvalue weighted by Crippen LogP contribution is -2.46. The molecule has 2 unspecified atom stereocenters. The van der Waals surface area contributed by atoms with E-state index in [1.807, 2.05) is 0 Å². The molecule has 1 aliphatic heterocycles. The number of nitrogens with two attached hydrogens (primary N) is 1. The van der Waals surface area contributed by atoms with Gasteiger partial charge < -0.3 is 15.2 Å². The van der Waals surface area contributed by atoms with Crippen LogP contribution < -0.4 is 5.73 Å². The molecule has 4 nitrogen and oxygen atoms in total. The van der Waals surface area contributed by atoms with E-state index in [9.17, 15) is 9.18 Å². The smallest absolute Gasteiger partial charge is 0.317 e. The van der Waals surface area contributed by atoms with Crippen molar-refractivity contribution in [2.45, 2.75) is 25.2 Å². The molecule has 1 fully saturated rings. The van der Waals surface area contributed by atoms with Crippen molar-refractivity contribution in [3.63, 3.8) is 0 Å². The van der Waals surface area contributed by atoms with Crippen LogP contribution in [-0.2, 0) is 19.7 Å². The molecule has 1 saturated heterocycles. The molecule has 1 aromatic carbocycles. The van der Waals surface area contributed by atoms with Gasteiger partial charge in [-0.2, -0.15) is 0 Å². The van der Waals surface area contributed by atoms with E-state index in [-0.39, 0.29) is 30.9 Å². The van der Waals surface area contributed by atoms with Crippen LogP contribution in [0.2, 0.25) is 0 Å². The van der Waals surface area contributed by atoms with Crippen LogP contribution in [0.1, 0.15) is 25.3 Å². The Balaban J connectivity index is 2.37. The van der Waals surface area contributed by atoms with Gasteiger partial charge in [0.05, 0.1) is 6.61 Å². The number of hydrogen-bond donors (Lipinski definition) is 1. The zero-order valence-electron chi connectivity index (χ0n) is 12.3. The Morgan fingerprint density at radius 3 is 2.95 bits per heavy atom. The van der Waals surface area contributed by atoms with Gasteiger partial charge in [0.1, 0.15) is 11.2 Å². The second kappa shape index (κ2) is 7.00. The summed E-state index contributed by atoms with van der Waals surface area (Å²) in [6, 6.07) is 6.07. The zero-order valence-corrected chi connectivity index (χ0v) is 12.3. The predicted octanol–water partition coefficient (Wildman–Crippen LogP) is 2.01. The van der Waals surface area contributed by atoms with Gasteiger partial charge in [-0.15, -0.1) is 0 Å². The molecule has 0 amide bonds. The summed E-state index contributed by atoms with van der Waals surface area (Å²) in [6.45, 7) is 3.42. The molecule has 0 radical (unpaired) electrons. The van der Waals surface area contributed by atoms with Crippen molar-refractivity contribution in [2.75, 3.05) is 26.4 Å². The predicted molar refractivity (Wildman–Crippen MR) is 77.3 cm³/mol. The highest BCUT2D eigenvalue weighted by Gasteiger charge is 2.43. The van der Waals surface area contributed by atoms with Gasteiger partial charge in [-0.1, -0.05) is 12.1 Å². The topological polar surface area (TPSA) is 61.5 Å². The van der Waals surface area contributed by atoms with Crippen LogP contribution in [0.15, 0.2) is 24.3 Å². The third kappa shape index (κ3) is 3.41. The Morgan fingerprint density at radius 2 is 2.38 bits per heavy atom. The van der Waals surface area contributed by atoms with Crippen LogP contribution >= 0.6 is 0 Å². The highest BCUT2D eigenvalue weighted by molar-refractivity contribution is 5.83. The Labute approximate surface area is 124 Å². The van der Waals surface area contributed by atoms with Crippen LogP contribution in [0.5, 0.6) is 0 Å². The van der Waals surface area contributed by atoms with Gasteiger partial charge in [0.15, 0.2) is 0 Å². The number of benzene rings is 1. The number of halogens is 1. The maximum Gasteiger partial charge on any atom is 0.317 e. The highest BCUT2D eigenvalue weighted by atomic mass is 19.1. The number of hydrogen-bond acceptors (Lipinski definition) is 4. The maximum absolute atomic E-state index is 13.6. The lowest BCUT2D eigenvalue weighted by molar-refractivity contribution is -0.150. The standard InChI is InChI=1S/C16H22FNO3/c1-2-21-15(19)16(11-18,9-12-6-7-20-10-12)13-4-3-5-14(17)8-13/h3-5,8,12H,2,6-7,9-11,18H2,1H3. The lowest BCUT2D eigenvalue weighted by Gasteiger charge is -2.32. The van der Waals surface area contributed by atoms with Crippen LogP contribution in [-0.4, -0.2) is 32.3 Å². The monoisotopic (exact) mass is 295 g/mol. The molecule has 0 spiro atoms. The third-order valence-corrected chi connectivity index (χ3v) is 4.05. The fraction of sp³-hybridized carbons (Fsp3) is 0.562. The normalized spacial score (nSPS) is 21.0. The minimum atomic E-state index is -1.00. The number of carbonyl (C=O) groups is 1. The second-order valence-corrected chi connectivity index (χ2v) is 5.45. The molecule has 2 atom stereocenters. The molecule has 1 heterocycles. The summed E-state index contributed by atoms with van der Waals surface area (Å²) in [7, 11) is 0. The van der Waals surface area contributed by atoms with Crippen LogP contribution in [0, 0.1) is 11.7 Å². The first kappa shape index (κ1) is 15.9. The largest absolute Gasteiger partial charge is 0.465 e. The SMILES string of the molecule is CCOC(=O)C(CN)(CC1CCOC1)c1cccc(F)c1. The first-order valence-electron chi connectivity index (χ1n) is 7.33.